The Morgan fingerprint density at radius 3 is 2.69 bits per heavy atom. The summed E-state index contributed by atoms with van der Waals surface area (Å²) in [5.41, 5.74) is 0.910. The molecular formula is C13H11ClOS. The maximum absolute atomic E-state index is 11.1. The van der Waals surface area contributed by atoms with Crippen LogP contribution in [-0.2, 0) is 11.2 Å². The fourth-order valence-corrected chi connectivity index (χ4v) is 2.69. The molecule has 0 N–H and O–H groups in total. The van der Waals surface area contributed by atoms with E-state index in [0.29, 0.717) is 5.02 Å². The minimum absolute atomic E-state index is 0.146. The monoisotopic (exact) mass is 250 g/mol. The van der Waals surface area contributed by atoms with E-state index in [1.54, 1.807) is 11.3 Å². The highest BCUT2D eigenvalue weighted by Crippen LogP contribution is 2.27. The molecule has 0 radical (unpaired) electrons. The molecule has 0 fully saturated rings. The van der Waals surface area contributed by atoms with Crippen LogP contribution >= 0.6 is 22.9 Å². The number of benzene rings is 1. The van der Waals surface area contributed by atoms with E-state index >= 15 is 0 Å². The lowest BCUT2D eigenvalue weighted by atomic mass is 9.96. The van der Waals surface area contributed by atoms with Crippen LogP contribution in [0.3, 0.4) is 0 Å². The molecule has 1 aromatic heterocycles. The molecule has 0 spiro atoms. The Labute approximate surface area is 104 Å². The largest absolute Gasteiger partial charge is 0.303 e. The minimum Gasteiger partial charge on any atom is -0.303 e. The summed E-state index contributed by atoms with van der Waals surface area (Å²) in [6.07, 6.45) is 1.70. The number of hydrogen-bond acceptors (Lipinski definition) is 2. The van der Waals surface area contributed by atoms with Gasteiger partial charge in [-0.2, -0.15) is 0 Å². The predicted octanol–water partition coefficient (Wildman–Crippen LogP) is 3.93. The Kier molecular flexibility index (Phi) is 3.75. The van der Waals surface area contributed by atoms with Gasteiger partial charge in [-0.1, -0.05) is 35.9 Å². The molecule has 0 saturated carbocycles. The predicted molar refractivity (Wildman–Crippen MR) is 68.3 cm³/mol. The quantitative estimate of drug-likeness (QED) is 0.752. The van der Waals surface area contributed by atoms with E-state index in [-0.39, 0.29) is 5.92 Å². The maximum Gasteiger partial charge on any atom is 0.127 e. The second kappa shape index (κ2) is 5.28. The van der Waals surface area contributed by atoms with Crippen molar-refractivity contribution >= 4 is 29.2 Å². The first-order valence-electron chi connectivity index (χ1n) is 5.03. The van der Waals surface area contributed by atoms with Gasteiger partial charge < -0.3 is 4.79 Å². The number of aldehydes is 1. The van der Waals surface area contributed by atoms with E-state index in [2.05, 4.69) is 0 Å². The van der Waals surface area contributed by atoms with Crippen LogP contribution in [0.2, 0.25) is 5.02 Å². The molecule has 0 bridgehead atoms. The molecule has 0 saturated heterocycles. The van der Waals surface area contributed by atoms with E-state index in [4.69, 9.17) is 11.6 Å². The summed E-state index contributed by atoms with van der Waals surface area (Å²) in [5, 5.41) is 2.68. The van der Waals surface area contributed by atoms with Gasteiger partial charge in [0, 0.05) is 15.8 Å². The standard InChI is InChI=1S/C13H11ClOS/c14-13-6-2-1-5-12(13)10(9-15)8-11-4-3-7-16-11/h1-7,9-10H,8H2. The second-order valence-corrected chi connectivity index (χ2v) is 4.99. The molecule has 0 amide bonds. The van der Waals surface area contributed by atoms with Gasteiger partial charge >= 0.3 is 0 Å². The Morgan fingerprint density at radius 1 is 1.25 bits per heavy atom. The van der Waals surface area contributed by atoms with Gasteiger partial charge in [0.2, 0.25) is 0 Å². The molecule has 16 heavy (non-hydrogen) atoms. The molecular weight excluding hydrogens is 240 g/mol. The summed E-state index contributed by atoms with van der Waals surface area (Å²) in [6.45, 7) is 0. The zero-order chi connectivity index (χ0) is 11.4. The molecule has 2 aromatic rings. The first-order valence-corrected chi connectivity index (χ1v) is 6.29. The second-order valence-electron chi connectivity index (χ2n) is 3.55. The molecule has 0 aliphatic heterocycles. The molecule has 1 unspecified atom stereocenters. The molecule has 1 heterocycles. The third-order valence-electron chi connectivity index (χ3n) is 2.47. The van der Waals surface area contributed by atoms with Crippen LogP contribution < -0.4 is 0 Å². The van der Waals surface area contributed by atoms with Crippen molar-refractivity contribution in [3.63, 3.8) is 0 Å². The highest BCUT2D eigenvalue weighted by Gasteiger charge is 2.14. The molecule has 3 heteroatoms. The van der Waals surface area contributed by atoms with Crippen molar-refractivity contribution in [3.05, 3.63) is 57.2 Å². The highest BCUT2D eigenvalue weighted by molar-refractivity contribution is 7.09. The highest BCUT2D eigenvalue weighted by atomic mass is 35.5. The van der Waals surface area contributed by atoms with Crippen LogP contribution in [0.5, 0.6) is 0 Å². The molecule has 0 aliphatic carbocycles. The van der Waals surface area contributed by atoms with Gasteiger partial charge in [0.1, 0.15) is 6.29 Å². The van der Waals surface area contributed by atoms with Crippen molar-refractivity contribution in [1.29, 1.82) is 0 Å². The van der Waals surface area contributed by atoms with Crippen molar-refractivity contribution < 1.29 is 4.79 Å². The Morgan fingerprint density at radius 2 is 2.06 bits per heavy atom. The molecule has 1 aromatic carbocycles. The Hall–Kier alpha value is -1.12. The molecule has 0 aliphatic rings. The van der Waals surface area contributed by atoms with Crippen LogP contribution in [-0.4, -0.2) is 6.29 Å². The lowest BCUT2D eigenvalue weighted by Crippen LogP contribution is -2.03. The lowest BCUT2D eigenvalue weighted by Gasteiger charge is -2.10. The van der Waals surface area contributed by atoms with E-state index < -0.39 is 0 Å². The third-order valence-corrected chi connectivity index (χ3v) is 3.71. The van der Waals surface area contributed by atoms with Crippen molar-refractivity contribution in [1.82, 2.24) is 0 Å². The number of thiophene rings is 1. The van der Waals surface area contributed by atoms with Gasteiger partial charge in [0.05, 0.1) is 0 Å². The van der Waals surface area contributed by atoms with Crippen LogP contribution in [0.1, 0.15) is 16.4 Å². The number of halogens is 1. The number of hydrogen-bond donors (Lipinski definition) is 0. The summed E-state index contributed by atoms with van der Waals surface area (Å²) in [6, 6.07) is 11.5. The van der Waals surface area contributed by atoms with Gasteiger partial charge in [-0.05, 0) is 29.5 Å². The summed E-state index contributed by atoms with van der Waals surface area (Å²) in [4.78, 5) is 12.3. The van der Waals surface area contributed by atoms with E-state index in [1.165, 1.54) is 4.88 Å². The van der Waals surface area contributed by atoms with Gasteiger partial charge in [0.15, 0.2) is 0 Å². The van der Waals surface area contributed by atoms with Gasteiger partial charge in [-0.25, -0.2) is 0 Å². The number of rotatable bonds is 4. The minimum atomic E-state index is -0.146. The zero-order valence-electron chi connectivity index (χ0n) is 8.60. The average molecular weight is 251 g/mol. The maximum atomic E-state index is 11.1. The first-order chi connectivity index (χ1) is 7.81. The number of carbonyl (C=O) groups excluding carboxylic acids is 1. The summed E-state index contributed by atoms with van der Waals surface area (Å²) in [5.74, 6) is -0.146. The topological polar surface area (TPSA) is 17.1 Å². The SMILES string of the molecule is O=CC(Cc1cccs1)c1ccccc1Cl. The van der Waals surface area contributed by atoms with Gasteiger partial charge in [-0.3, -0.25) is 0 Å². The first kappa shape index (κ1) is 11.4. The molecule has 1 nitrogen and oxygen atoms in total. The smallest absolute Gasteiger partial charge is 0.127 e. The van der Waals surface area contributed by atoms with Crippen LogP contribution in [0, 0.1) is 0 Å². The number of carbonyl (C=O) groups is 1. The zero-order valence-corrected chi connectivity index (χ0v) is 10.2. The van der Waals surface area contributed by atoms with E-state index in [0.717, 1.165) is 18.3 Å². The summed E-state index contributed by atoms with van der Waals surface area (Å²) < 4.78 is 0. The molecule has 1 atom stereocenters. The van der Waals surface area contributed by atoms with E-state index in [9.17, 15) is 4.79 Å². The van der Waals surface area contributed by atoms with Crippen LogP contribution in [0.25, 0.3) is 0 Å². The molecule has 82 valence electrons. The summed E-state index contributed by atoms with van der Waals surface area (Å²) in [7, 11) is 0. The third kappa shape index (κ3) is 2.52. The van der Waals surface area contributed by atoms with Crippen molar-refractivity contribution in [2.45, 2.75) is 12.3 Å². The average Bonchev–Trinajstić information content (AvgIpc) is 2.80. The van der Waals surface area contributed by atoms with Crippen LogP contribution in [0.4, 0.5) is 0 Å². The van der Waals surface area contributed by atoms with Crippen LogP contribution in [0.15, 0.2) is 41.8 Å². The fraction of sp³-hybridized carbons (Fsp3) is 0.154. The van der Waals surface area contributed by atoms with Crippen molar-refractivity contribution in [3.8, 4) is 0 Å². The fourth-order valence-electron chi connectivity index (χ4n) is 1.65. The van der Waals surface area contributed by atoms with Crippen molar-refractivity contribution in [2.24, 2.45) is 0 Å². The van der Waals surface area contributed by atoms with Crippen molar-refractivity contribution in [2.75, 3.05) is 0 Å². The van der Waals surface area contributed by atoms with Gasteiger partial charge in [0.25, 0.3) is 0 Å². The lowest BCUT2D eigenvalue weighted by molar-refractivity contribution is -0.109. The summed E-state index contributed by atoms with van der Waals surface area (Å²) >= 11 is 7.75. The Bertz CT molecular complexity index is 465. The van der Waals surface area contributed by atoms with E-state index in [1.807, 2.05) is 41.8 Å². The van der Waals surface area contributed by atoms with Gasteiger partial charge in [-0.15, -0.1) is 11.3 Å². The Balaban J connectivity index is 2.23. The molecule has 2 rings (SSSR count). The normalized spacial score (nSPS) is 12.3.